The molecule has 1 heterocycles. The van der Waals surface area contributed by atoms with Gasteiger partial charge in [-0.15, -0.1) is 0 Å². The number of hydrogen-bond acceptors (Lipinski definition) is 4. The number of rotatable bonds is 4. The number of halogens is 1. The zero-order valence-electron chi connectivity index (χ0n) is 15.3. The number of benzene rings is 2. The van der Waals surface area contributed by atoms with Crippen LogP contribution in [0.3, 0.4) is 0 Å². The van der Waals surface area contributed by atoms with Crippen LogP contribution in [0.2, 0.25) is 0 Å². The molecule has 0 saturated heterocycles. The summed E-state index contributed by atoms with van der Waals surface area (Å²) in [5.41, 5.74) is 1.54. The molecule has 0 unspecified atom stereocenters. The predicted octanol–water partition coefficient (Wildman–Crippen LogP) is 3.69. The molecule has 0 fully saturated rings. The first-order valence-corrected chi connectivity index (χ1v) is 9.59. The fourth-order valence-corrected chi connectivity index (χ4v) is 3.64. The van der Waals surface area contributed by atoms with Crippen LogP contribution in [0.1, 0.15) is 21.7 Å². The Labute approximate surface area is 156 Å². The second kappa shape index (κ2) is 6.79. The topological polar surface area (TPSA) is 79.6 Å². The van der Waals surface area contributed by atoms with E-state index < -0.39 is 21.7 Å². The Kier molecular flexibility index (Phi) is 4.79. The zero-order chi connectivity index (χ0) is 19.9. The van der Waals surface area contributed by atoms with Gasteiger partial charge < -0.3 is 9.73 Å². The van der Waals surface area contributed by atoms with Gasteiger partial charge in [-0.3, -0.25) is 4.79 Å². The van der Waals surface area contributed by atoms with Gasteiger partial charge in [-0.2, -0.15) is 0 Å². The minimum absolute atomic E-state index is 0.0146. The number of para-hydroxylation sites is 1. The summed E-state index contributed by atoms with van der Waals surface area (Å²) < 4.78 is 45.0. The zero-order valence-corrected chi connectivity index (χ0v) is 16.1. The third kappa shape index (κ3) is 3.33. The third-order valence-electron chi connectivity index (χ3n) is 4.36. The van der Waals surface area contributed by atoms with Crippen LogP contribution in [-0.2, 0) is 10.0 Å². The Hall–Kier alpha value is -2.71. The summed E-state index contributed by atoms with van der Waals surface area (Å²) in [6.07, 6.45) is 0. The van der Waals surface area contributed by atoms with Crippen LogP contribution in [0.15, 0.2) is 45.7 Å². The first-order chi connectivity index (χ1) is 12.6. The highest BCUT2D eigenvalue weighted by molar-refractivity contribution is 7.89. The summed E-state index contributed by atoms with van der Waals surface area (Å²) in [6.45, 7) is 3.41. The molecule has 0 radical (unpaired) electrons. The lowest BCUT2D eigenvalue weighted by Gasteiger charge is -2.14. The molecule has 0 aliphatic heterocycles. The molecule has 1 N–H and O–H groups in total. The average molecular weight is 390 g/mol. The first-order valence-electron chi connectivity index (χ1n) is 8.15. The minimum atomic E-state index is -3.64. The maximum atomic E-state index is 13.9. The number of carbonyl (C=O) groups is 1. The van der Waals surface area contributed by atoms with E-state index in [1.807, 2.05) is 0 Å². The van der Waals surface area contributed by atoms with E-state index in [4.69, 9.17) is 4.42 Å². The lowest BCUT2D eigenvalue weighted by Crippen LogP contribution is -2.22. The van der Waals surface area contributed by atoms with E-state index in [0.29, 0.717) is 22.2 Å². The van der Waals surface area contributed by atoms with Crippen molar-refractivity contribution < 1.29 is 22.0 Å². The van der Waals surface area contributed by atoms with Crippen molar-refractivity contribution in [3.8, 4) is 0 Å². The van der Waals surface area contributed by atoms with Crippen molar-refractivity contribution in [2.24, 2.45) is 0 Å². The minimum Gasteiger partial charge on any atom is -0.448 e. The van der Waals surface area contributed by atoms with Gasteiger partial charge in [-0.1, -0.05) is 18.2 Å². The van der Waals surface area contributed by atoms with Gasteiger partial charge in [0.05, 0.1) is 4.90 Å². The Bertz CT molecular complexity index is 1150. The van der Waals surface area contributed by atoms with Gasteiger partial charge in [0.2, 0.25) is 10.0 Å². The largest absolute Gasteiger partial charge is 0.448 e. The molecular formula is C19H19FN2O4S. The van der Waals surface area contributed by atoms with Gasteiger partial charge in [0.1, 0.15) is 0 Å². The number of nitrogens with zero attached hydrogens (tertiary/aromatic N) is 1. The van der Waals surface area contributed by atoms with Gasteiger partial charge in [-0.05, 0) is 37.6 Å². The van der Waals surface area contributed by atoms with Crippen molar-refractivity contribution in [1.29, 1.82) is 0 Å². The number of furan rings is 1. The first kappa shape index (κ1) is 19.1. The van der Waals surface area contributed by atoms with Gasteiger partial charge >= 0.3 is 0 Å². The lowest BCUT2D eigenvalue weighted by molar-refractivity contribution is 0.0997. The summed E-state index contributed by atoms with van der Waals surface area (Å²) in [5, 5.41) is 3.18. The molecule has 142 valence electrons. The lowest BCUT2D eigenvalue weighted by atomic mass is 10.1. The van der Waals surface area contributed by atoms with Crippen molar-refractivity contribution in [3.63, 3.8) is 0 Å². The molecule has 27 heavy (non-hydrogen) atoms. The summed E-state index contributed by atoms with van der Waals surface area (Å²) in [7, 11) is -0.781. The summed E-state index contributed by atoms with van der Waals surface area (Å²) in [4.78, 5) is 12.7. The van der Waals surface area contributed by atoms with E-state index in [2.05, 4.69) is 5.32 Å². The Morgan fingerprint density at radius 1 is 1.15 bits per heavy atom. The normalized spacial score (nSPS) is 11.9. The van der Waals surface area contributed by atoms with E-state index in [9.17, 15) is 17.6 Å². The highest BCUT2D eigenvalue weighted by Crippen LogP contribution is 2.29. The van der Waals surface area contributed by atoms with Crippen LogP contribution >= 0.6 is 0 Å². The molecule has 0 aliphatic rings. The molecule has 0 aliphatic carbocycles. The molecule has 1 amide bonds. The van der Waals surface area contributed by atoms with Gasteiger partial charge in [0.15, 0.2) is 17.2 Å². The van der Waals surface area contributed by atoms with E-state index in [-0.39, 0.29) is 16.2 Å². The number of carbonyl (C=O) groups excluding carboxylic acids is 1. The van der Waals surface area contributed by atoms with Gasteiger partial charge in [0.25, 0.3) is 5.91 Å². The van der Waals surface area contributed by atoms with E-state index in [1.54, 1.807) is 32.0 Å². The molecule has 8 heteroatoms. The van der Waals surface area contributed by atoms with Crippen LogP contribution in [0.4, 0.5) is 10.1 Å². The Morgan fingerprint density at radius 2 is 1.85 bits per heavy atom. The maximum absolute atomic E-state index is 13.9. The fraction of sp³-hybridized carbons (Fsp3) is 0.211. The third-order valence-corrected chi connectivity index (χ3v) is 6.17. The second-order valence-electron chi connectivity index (χ2n) is 6.39. The van der Waals surface area contributed by atoms with E-state index in [1.165, 1.54) is 32.3 Å². The van der Waals surface area contributed by atoms with Crippen LogP contribution < -0.4 is 5.32 Å². The molecule has 1 aromatic heterocycles. The SMILES string of the molecule is Cc1ccc(S(=O)(=O)N(C)C)cc1NC(=O)c1oc2c(F)cccc2c1C. The summed E-state index contributed by atoms with van der Waals surface area (Å²) in [5.74, 6) is -1.15. The van der Waals surface area contributed by atoms with Crippen molar-refractivity contribution in [1.82, 2.24) is 4.31 Å². The number of fused-ring (bicyclic) bond motifs is 1. The number of sulfonamides is 1. The predicted molar refractivity (Wildman–Crippen MR) is 101 cm³/mol. The molecule has 0 bridgehead atoms. The van der Waals surface area contributed by atoms with Crippen LogP contribution in [-0.4, -0.2) is 32.7 Å². The monoisotopic (exact) mass is 390 g/mol. The van der Waals surface area contributed by atoms with Gasteiger partial charge in [-0.25, -0.2) is 17.1 Å². The Balaban J connectivity index is 2.00. The molecular weight excluding hydrogens is 371 g/mol. The number of amides is 1. The summed E-state index contributed by atoms with van der Waals surface area (Å²) >= 11 is 0. The highest BCUT2D eigenvalue weighted by Gasteiger charge is 2.22. The molecule has 0 spiro atoms. The number of nitrogens with one attached hydrogen (secondary N) is 1. The van der Waals surface area contributed by atoms with Gasteiger partial charge in [0, 0.05) is 30.7 Å². The van der Waals surface area contributed by atoms with Crippen molar-refractivity contribution in [2.45, 2.75) is 18.7 Å². The van der Waals surface area contributed by atoms with E-state index >= 15 is 0 Å². The smallest absolute Gasteiger partial charge is 0.291 e. The Morgan fingerprint density at radius 3 is 2.48 bits per heavy atom. The molecule has 0 saturated carbocycles. The van der Waals surface area contributed by atoms with Crippen molar-refractivity contribution in [3.05, 3.63) is 59.1 Å². The standard InChI is InChI=1S/C19H19FN2O4S/c1-11-8-9-13(27(24,25)22(3)4)10-16(11)21-19(23)17-12(2)14-6-5-7-15(20)18(14)26-17/h5-10H,1-4H3,(H,21,23). The van der Waals surface area contributed by atoms with Crippen LogP contribution in [0.5, 0.6) is 0 Å². The maximum Gasteiger partial charge on any atom is 0.291 e. The number of hydrogen-bond donors (Lipinski definition) is 1. The number of aryl methyl sites for hydroxylation is 2. The molecule has 0 atom stereocenters. The van der Waals surface area contributed by atoms with Crippen molar-refractivity contribution >= 4 is 32.6 Å². The van der Waals surface area contributed by atoms with E-state index in [0.717, 1.165) is 4.31 Å². The summed E-state index contributed by atoms with van der Waals surface area (Å²) in [6, 6.07) is 8.94. The quantitative estimate of drug-likeness (QED) is 0.737. The molecule has 3 rings (SSSR count). The average Bonchev–Trinajstić information content (AvgIpc) is 2.95. The highest BCUT2D eigenvalue weighted by atomic mass is 32.2. The van der Waals surface area contributed by atoms with Crippen molar-refractivity contribution in [2.75, 3.05) is 19.4 Å². The van der Waals surface area contributed by atoms with Crippen LogP contribution in [0.25, 0.3) is 11.0 Å². The van der Waals surface area contributed by atoms with Crippen LogP contribution in [0, 0.1) is 19.7 Å². The number of anilines is 1. The molecule has 6 nitrogen and oxygen atoms in total. The second-order valence-corrected chi connectivity index (χ2v) is 8.54. The molecule has 2 aromatic carbocycles. The molecule has 3 aromatic rings. The fourth-order valence-electron chi connectivity index (χ4n) is 2.71.